The van der Waals surface area contributed by atoms with Crippen molar-refractivity contribution in [3.8, 4) is 0 Å². The van der Waals surface area contributed by atoms with E-state index in [9.17, 15) is 0 Å². The van der Waals surface area contributed by atoms with Gasteiger partial charge in [-0.25, -0.2) is 9.67 Å². The van der Waals surface area contributed by atoms with Gasteiger partial charge in [-0.15, -0.1) is 5.10 Å². The van der Waals surface area contributed by atoms with Crippen LogP contribution in [0, 0.1) is 0 Å². The molecule has 0 saturated carbocycles. The Hall–Kier alpha value is -4.58. The Balaban J connectivity index is 1.26. The van der Waals surface area contributed by atoms with Crippen LogP contribution in [-0.4, -0.2) is 29.8 Å². The van der Waals surface area contributed by atoms with E-state index in [1.807, 2.05) is 18.2 Å². The predicted molar refractivity (Wildman–Crippen MR) is 135 cm³/mol. The molecule has 0 saturated heterocycles. The SMILES string of the molecule is C(=C\c1ccc2ccccc2n1)/c1cccc(Cn2ccc3cccc(Cn4cnnn4)c32)c1. The van der Waals surface area contributed by atoms with Gasteiger partial charge in [-0.05, 0) is 62.8 Å². The number of hydrogen-bond acceptors (Lipinski definition) is 4. The first-order chi connectivity index (χ1) is 16.8. The predicted octanol–water partition coefficient (Wildman–Crippen LogP) is 5.44. The van der Waals surface area contributed by atoms with Gasteiger partial charge in [0.05, 0.1) is 23.3 Å². The number of aromatic nitrogens is 6. The van der Waals surface area contributed by atoms with E-state index in [1.165, 1.54) is 22.0 Å². The molecule has 3 heterocycles. The summed E-state index contributed by atoms with van der Waals surface area (Å²) >= 11 is 0. The Morgan fingerprint density at radius 3 is 2.62 bits per heavy atom. The fraction of sp³-hybridized carbons (Fsp3) is 0.0714. The highest BCUT2D eigenvalue weighted by Gasteiger charge is 2.09. The zero-order valence-corrected chi connectivity index (χ0v) is 18.5. The molecule has 164 valence electrons. The fourth-order valence-electron chi connectivity index (χ4n) is 4.38. The normalized spacial score (nSPS) is 11.6. The highest BCUT2D eigenvalue weighted by Crippen LogP contribution is 2.23. The van der Waals surface area contributed by atoms with Crippen LogP contribution in [0.2, 0.25) is 0 Å². The third-order valence-corrected chi connectivity index (χ3v) is 5.97. The second-order valence-corrected chi connectivity index (χ2v) is 8.31. The van der Waals surface area contributed by atoms with Crippen molar-refractivity contribution in [3.05, 3.63) is 120 Å². The number of fused-ring (bicyclic) bond motifs is 2. The summed E-state index contributed by atoms with van der Waals surface area (Å²) < 4.78 is 4.04. The molecular formula is C28H22N6. The van der Waals surface area contributed by atoms with Gasteiger partial charge in [-0.3, -0.25) is 0 Å². The number of tetrazole rings is 1. The van der Waals surface area contributed by atoms with Gasteiger partial charge in [0.15, 0.2) is 0 Å². The van der Waals surface area contributed by atoms with Crippen LogP contribution in [0.3, 0.4) is 0 Å². The van der Waals surface area contributed by atoms with E-state index in [0.29, 0.717) is 6.54 Å². The zero-order chi connectivity index (χ0) is 22.7. The second-order valence-electron chi connectivity index (χ2n) is 8.31. The van der Waals surface area contributed by atoms with Crippen molar-refractivity contribution in [1.29, 1.82) is 0 Å². The van der Waals surface area contributed by atoms with Crippen LogP contribution in [0.1, 0.15) is 22.4 Å². The van der Waals surface area contributed by atoms with Gasteiger partial charge in [0.2, 0.25) is 0 Å². The summed E-state index contributed by atoms with van der Waals surface area (Å²) in [4.78, 5) is 4.74. The molecule has 0 fully saturated rings. The molecule has 34 heavy (non-hydrogen) atoms. The first-order valence-electron chi connectivity index (χ1n) is 11.2. The molecule has 0 unspecified atom stereocenters. The van der Waals surface area contributed by atoms with E-state index in [4.69, 9.17) is 4.98 Å². The number of para-hydroxylation sites is 2. The zero-order valence-electron chi connectivity index (χ0n) is 18.5. The Kier molecular flexibility index (Phi) is 5.16. The number of rotatable bonds is 6. The lowest BCUT2D eigenvalue weighted by molar-refractivity contribution is 0.648. The van der Waals surface area contributed by atoms with E-state index >= 15 is 0 Å². The van der Waals surface area contributed by atoms with Gasteiger partial charge in [0.25, 0.3) is 0 Å². The lowest BCUT2D eigenvalue weighted by Crippen LogP contribution is -2.05. The highest BCUT2D eigenvalue weighted by molar-refractivity contribution is 5.83. The minimum atomic E-state index is 0.635. The minimum absolute atomic E-state index is 0.635. The Labute approximate surface area is 196 Å². The average molecular weight is 443 g/mol. The van der Waals surface area contributed by atoms with Crippen LogP contribution in [0.5, 0.6) is 0 Å². The lowest BCUT2D eigenvalue weighted by Gasteiger charge is -2.11. The minimum Gasteiger partial charge on any atom is -0.343 e. The van der Waals surface area contributed by atoms with Crippen molar-refractivity contribution in [3.63, 3.8) is 0 Å². The first-order valence-corrected chi connectivity index (χ1v) is 11.2. The van der Waals surface area contributed by atoms with E-state index in [-0.39, 0.29) is 0 Å². The summed E-state index contributed by atoms with van der Waals surface area (Å²) in [5.41, 5.74) is 6.75. The van der Waals surface area contributed by atoms with Crippen LogP contribution in [-0.2, 0) is 13.1 Å². The first kappa shape index (κ1) is 20.1. The number of hydrogen-bond donors (Lipinski definition) is 0. The van der Waals surface area contributed by atoms with Gasteiger partial charge in [-0.1, -0.05) is 66.7 Å². The molecule has 0 atom stereocenters. The Bertz CT molecular complexity index is 1610. The largest absolute Gasteiger partial charge is 0.343 e. The molecule has 0 aliphatic heterocycles. The molecule has 3 aromatic carbocycles. The summed E-state index contributed by atoms with van der Waals surface area (Å²) in [6, 6.07) is 29.5. The molecule has 0 aliphatic carbocycles. The third kappa shape index (κ3) is 4.09. The number of benzene rings is 3. The quantitative estimate of drug-likeness (QED) is 0.344. The summed E-state index contributed by atoms with van der Waals surface area (Å²) in [6.07, 6.45) is 7.99. The van der Waals surface area contributed by atoms with Crippen LogP contribution < -0.4 is 0 Å². The molecule has 3 aromatic heterocycles. The van der Waals surface area contributed by atoms with E-state index in [2.05, 4.69) is 105 Å². The van der Waals surface area contributed by atoms with Crippen LogP contribution >= 0.6 is 0 Å². The molecule has 6 aromatic rings. The molecule has 0 N–H and O–H groups in total. The summed E-state index contributed by atoms with van der Waals surface area (Å²) in [5, 5.41) is 13.9. The van der Waals surface area contributed by atoms with Gasteiger partial charge in [-0.2, -0.15) is 0 Å². The maximum atomic E-state index is 4.74. The molecular weight excluding hydrogens is 420 g/mol. The summed E-state index contributed by atoms with van der Waals surface area (Å²) in [5.74, 6) is 0. The van der Waals surface area contributed by atoms with Crippen LogP contribution in [0.25, 0.3) is 34.0 Å². The van der Waals surface area contributed by atoms with Gasteiger partial charge in [0, 0.05) is 18.1 Å². The molecule has 6 nitrogen and oxygen atoms in total. The van der Waals surface area contributed by atoms with Crippen molar-refractivity contribution >= 4 is 34.0 Å². The Morgan fingerprint density at radius 2 is 1.68 bits per heavy atom. The summed E-state index contributed by atoms with van der Waals surface area (Å²) in [6.45, 7) is 1.42. The van der Waals surface area contributed by atoms with Crippen molar-refractivity contribution in [2.45, 2.75) is 13.1 Å². The van der Waals surface area contributed by atoms with E-state index < -0.39 is 0 Å². The van der Waals surface area contributed by atoms with E-state index in [1.54, 1.807) is 11.0 Å². The van der Waals surface area contributed by atoms with Crippen molar-refractivity contribution in [2.75, 3.05) is 0 Å². The number of nitrogens with zero attached hydrogens (tertiary/aromatic N) is 6. The second kappa shape index (κ2) is 8.75. The van der Waals surface area contributed by atoms with Crippen molar-refractivity contribution in [2.24, 2.45) is 0 Å². The van der Waals surface area contributed by atoms with Gasteiger partial charge >= 0.3 is 0 Å². The fourth-order valence-corrected chi connectivity index (χ4v) is 4.38. The molecule has 0 bridgehead atoms. The molecule has 0 radical (unpaired) electrons. The third-order valence-electron chi connectivity index (χ3n) is 5.97. The standard InChI is InChI=1S/C28H22N6/c1-2-10-27-23(7-1)12-14-26(30-27)13-11-21-5-3-6-22(17-21)18-33-16-15-24-8-4-9-25(28(24)33)19-34-20-29-31-32-34/h1-17,20H,18-19H2/b13-11+. The summed E-state index contributed by atoms with van der Waals surface area (Å²) in [7, 11) is 0. The van der Waals surface area contributed by atoms with Gasteiger partial charge in [0.1, 0.15) is 6.33 Å². The van der Waals surface area contributed by atoms with E-state index in [0.717, 1.165) is 28.7 Å². The maximum absolute atomic E-state index is 4.74. The maximum Gasteiger partial charge on any atom is 0.138 e. The highest BCUT2D eigenvalue weighted by atomic mass is 15.5. The van der Waals surface area contributed by atoms with Crippen molar-refractivity contribution < 1.29 is 0 Å². The lowest BCUT2D eigenvalue weighted by atomic mass is 10.1. The van der Waals surface area contributed by atoms with Gasteiger partial charge < -0.3 is 4.57 Å². The monoisotopic (exact) mass is 442 g/mol. The van der Waals surface area contributed by atoms with Crippen LogP contribution in [0.15, 0.2) is 97.5 Å². The molecule has 6 rings (SSSR count). The smallest absolute Gasteiger partial charge is 0.138 e. The van der Waals surface area contributed by atoms with Crippen LogP contribution in [0.4, 0.5) is 0 Å². The Morgan fingerprint density at radius 1 is 0.765 bits per heavy atom. The average Bonchev–Trinajstić information content (AvgIpc) is 3.54. The molecule has 0 amide bonds. The topological polar surface area (TPSA) is 61.4 Å². The number of pyridine rings is 1. The van der Waals surface area contributed by atoms with Crippen molar-refractivity contribution in [1.82, 2.24) is 29.8 Å². The molecule has 0 spiro atoms. The molecule has 6 heteroatoms. The molecule has 0 aliphatic rings.